The zero-order valence-corrected chi connectivity index (χ0v) is 23.1. The van der Waals surface area contributed by atoms with Crippen LogP contribution >= 0.6 is 33.9 Å². The topological polar surface area (TPSA) is 132 Å². The van der Waals surface area contributed by atoms with Gasteiger partial charge in [0.25, 0.3) is 3.91 Å². The molecule has 3 amide bonds. The summed E-state index contributed by atoms with van der Waals surface area (Å²) in [6.07, 6.45) is -0.687. The number of hydrogen-bond donors (Lipinski definition) is 4. The number of amides is 3. The van der Waals surface area contributed by atoms with Gasteiger partial charge in [0, 0.05) is 35.6 Å². The van der Waals surface area contributed by atoms with E-state index in [1.165, 1.54) is 16.2 Å². The molecule has 1 aromatic heterocycles. The molecule has 1 saturated heterocycles. The zero-order chi connectivity index (χ0) is 25.9. The summed E-state index contributed by atoms with van der Waals surface area (Å²) in [6, 6.07) is 5.64. The molecule has 0 radical (unpaired) electrons. The van der Waals surface area contributed by atoms with Crippen LogP contribution in [0.1, 0.15) is 51.4 Å². The van der Waals surface area contributed by atoms with Crippen LogP contribution in [-0.4, -0.2) is 60.6 Å². The maximum Gasteiger partial charge on any atom is 0.281 e. The molecule has 0 bridgehead atoms. The average Bonchev–Trinajstić information content (AvgIpc) is 3.42. The molecule has 1 aliphatic rings. The Morgan fingerprint density at radius 2 is 1.89 bits per heavy atom. The molecule has 1 aliphatic heterocycles. The number of hydrogen-bond acceptors (Lipinski definition) is 7. The van der Waals surface area contributed by atoms with Crippen molar-refractivity contribution in [3.63, 3.8) is 0 Å². The fraction of sp³-hybridized carbons (Fsp3) is 0.500. The highest BCUT2D eigenvalue weighted by atomic mass is 127. The minimum absolute atomic E-state index is 0.0335. The Balaban J connectivity index is 1.72. The van der Waals surface area contributed by atoms with Crippen molar-refractivity contribution in [1.82, 2.24) is 20.5 Å². The molecule has 0 saturated carbocycles. The van der Waals surface area contributed by atoms with E-state index in [4.69, 9.17) is 0 Å². The lowest BCUT2D eigenvalue weighted by molar-refractivity contribution is -0.142. The quantitative estimate of drug-likeness (QED) is 0.216. The monoisotopic (exact) mass is 614 g/mol. The van der Waals surface area contributed by atoms with Gasteiger partial charge in [0.05, 0.1) is 34.8 Å². The number of likely N-dealkylation sites (tertiary alicyclic amines) is 1. The molecule has 9 nitrogen and oxygen atoms in total. The molecule has 2 aromatic rings. The van der Waals surface area contributed by atoms with Crippen molar-refractivity contribution < 1.29 is 24.6 Å². The first kappa shape index (κ1) is 27.5. The molecule has 4 unspecified atom stereocenters. The van der Waals surface area contributed by atoms with Crippen LogP contribution in [0.15, 0.2) is 29.8 Å². The number of thiazole rings is 1. The van der Waals surface area contributed by atoms with Gasteiger partial charge in [-0.2, -0.15) is 0 Å². The summed E-state index contributed by atoms with van der Waals surface area (Å²) in [4.78, 5) is 44.7. The molecule has 0 aliphatic carbocycles. The van der Waals surface area contributed by atoms with Crippen LogP contribution < -0.4 is 10.6 Å². The summed E-state index contributed by atoms with van der Waals surface area (Å²) < 4.78 is -0.363. The number of rotatable bonds is 7. The lowest BCUT2D eigenvalue weighted by Gasteiger charge is -2.35. The van der Waals surface area contributed by atoms with E-state index >= 15 is 0 Å². The Kier molecular flexibility index (Phi) is 8.89. The lowest BCUT2D eigenvalue weighted by atomic mass is 9.85. The molecular weight excluding hydrogens is 583 g/mol. The molecule has 2 heterocycles. The van der Waals surface area contributed by atoms with Gasteiger partial charge in [0.15, 0.2) is 0 Å². The summed E-state index contributed by atoms with van der Waals surface area (Å²) in [7, 11) is 0. The van der Waals surface area contributed by atoms with Crippen LogP contribution in [0.2, 0.25) is 0 Å². The van der Waals surface area contributed by atoms with Crippen molar-refractivity contribution in [3.05, 3.63) is 41.0 Å². The molecule has 11 heteroatoms. The van der Waals surface area contributed by atoms with Crippen molar-refractivity contribution >= 4 is 49.7 Å². The Morgan fingerprint density at radius 3 is 2.46 bits per heavy atom. The first-order valence-corrected chi connectivity index (χ1v) is 13.3. The Morgan fingerprint density at radius 1 is 1.23 bits per heavy atom. The Bertz CT molecular complexity index is 1070. The summed E-state index contributed by atoms with van der Waals surface area (Å²) in [5, 5.41) is 25.4. The van der Waals surface area contributed by atoms with Gasteiger partial charge in [-0.05, 0) is 23.5 Å². The van der Waals surface area contributed by atoms with E-state index in [9.17, 15) is 24.6 Å². The molecule has 4 atom stereocenters. The van der Waals surface area contributed by atoms with Crippen LogP contribution in [0, 0.1) is 5.41 Å². The van der Waals surface area contributed by atoms with Gasteiger partial charge in [-0.15, -0.1) is 11.3 Å². The van der Waals surface area contributed by atoms with Crippen molar-refractivity contribution in [2.75, 3.05) is 6.54 Å². The van der Waals surface area contributed by atoms with Crippen molar-refractivity contribution in [2.45, 2.75) is 65.0 Å². The fourth-order valence-corrected chi connectivity index (χ4v) is 5.29. The van der Waals surface area contributed by atoms with Gasteiger partial charge in [0.2, 0.25) is 11.8 Å². The third kappa shape index (κ3) is 6.57. The van der Waals surface area contributed by atoms with Crippen LogP contribution in [0.3, 0.4) is 0 Å². The molecule has 0 spiro atoms. The highest BCUT2D eigenvalue weighted by Crippen LogP contribution is 2.30. The second-order valence-electron chi connectivity index (χ2n) is 9.75. The van der Waals surface area contributed by atoms with Gasteiger partial charge in [-0.25, -0.2) is 4.98 Å². The fourth-order valence-electron chi connectivity index (χ4n) is 4.17. The molecular formula is C24H31IN4O5S. The lowest BCUT2D eigenvalue weighted by Crippen LogP contribution is -2.57. The number of aromatic nitrogens is 1. The minimum atomic E-state index is -0.834. The summed E-state index contributed by atoms with van der Waals surface area (Å²) in [6.45, 7) is 7.27. The van der Waals surface area contributed by atoms with Crippen LogP contribution in [0.5, 0.6) is 0 Å². The number of aliphatic hydroxyl groups is 2. The van der Waals surface area contributed by atoms with Crippen molar-refractivity contribution in [3.8, 4) is 10.4 Å². The maximum atomic E-state index is 13.3. The number of nitrogens with zero attached hydrogens (tertiary/aromatic N) is 2. The number of β-amino-alcohol motifs (C(OH)–C–C–N with tert-alkyl or cyclic N) is 1. The standard InChI is InChI=1S/C24H31IN4O5S/c1-13(14-5-7-15(8-6-14)19-17(11-30)26-12-35-19)27-21(32)18-9-16(31)10-29(18)22(33)20(24(2,3)4)28-23(25)34/h5-8,12-13,16,18,20,30-31H,9-11H2,1-4H3,(H,27,32)(H,28,34). The molecule has 1 fully saturated rings. The summed E-state index contributed by atoms with van der Waals surface area (Å²) in [5.41, 5.74) is 3.55. The van der Waals surface area contributed by atoms with E-state index in [1.54, 1.807) is 28.1 Å². The molecule has 4 N–H and O–H groups in total. The van der Waals surface area contributed by atoms with Crippen molar-refractivity contribution in [1.29, 1.82) is 0 Å². The van der Waals surface area contributed by atoms with E-state index < -0.39 is 23.6 Å². The molecule has 1 aromatic carbocycles. The normalized spacial score (nSPS) is 19.8. The van der Waals surface area contributed by atoms with Crippen LogP contribution in [0.4, 0.5) is 4.79 Å². The maximum absolute atomic E-state index is 13.3. The van der Waals surface area contributed by atoms with E-state index in [-0.39, 0.29) is 41.3 Å². The van der Waals surface area contributed by atoms with E-state index in [0.717, 1.165) is 16.0 Å². The number of aliphatic hydroxyl groups excluding tert-OH is 2. The molecule has 3 rings (SSSR count). The van der Waals surface area contributed by atoms with Gasteiger partial charge in [0.1, 0.15) is 12.1 Å². The number of carbonyl (C=O) groups excluding carboxylic acids is 3. The second kappa shape index (κ2) is 11.3. The van der Waals surface area contributed by atoms with Gasteiger partial charge in [-0.1, -0.05) is 45.0 Å². The predicted molar refractivity (Wildman–Crippen MR) is 142 cm³/mol. The molecule has 190 valence electrons. The first-order valence-electron chi connectivity index (χ1n) is 11.3. The average molecular weight is 615 g/mol. The Hall–Kier alpha value is -2.09. The summed E-state index contributed by atoms with van der Waals surface area (Å²) >= 11 is 3.03. The predicted octanol–water partition coefficient (Wildman–Crippen LogP) is 3.00. The highest BCUT2D eigenvalue weighted by molar-refractivity contribution is 14.1. The van der Waals surface area contributed by atoms with E-state index in [0.29, 0.717) is 5.69 Å². The zero-order valence-electron chi connectivity index (χ0n) is 20.1. The third-order valence-corrected chi connectivity index (χ3v) is 7.29. The number of benzene rings is 1. The highest BCUT2D eigenvalue weighted by Gasteiger charge is 2.44. The molecule has 35 heavy (non-hydrogen) atoms. The first-order chi connectivity index (χ1) is 16.4. The Labute approximate surface area is 222 Å². The van der Waals surface area contributed by atoms with Gasteiger partial charge >= 0.3 is 0 Å². The SMILES string of the molecule is CC(NC(=O)C1CC(O)CN1C(=O)C(NC(=O)I)C(C)(C)C)c1ccc(-c2scnc2CO)cc1. The van der Waals surface area contributed by atoms with E-state index in [1.807, 2.05) is 52.0 Å². The smallest absolute Gasteiger partial charge is 0.281 e. The van der Waals surface area contributed by atoms with E-state index in [2.05, 4.69) is 15.6 Å². The number of carbonyl (C=O) groups is 3. The second-order valence-corrected chi connectivity index (χ2v) is 11.6. The largest absolute Gasteiger partial charge is 0.391 e. The van der Waals surface area contributed by atoms with Crippen molar-refractivity contribution in [2.24, 2.45) is 5.41 Å². The summed E-state index contributed by atoms with van der Waals surface area (Å²) in [5.74, 6) is -0.745. The van der Waals surface area contributed by atoms with Crippen LogP contribution in [-0.2, 0) is 16.2 Å². The van der Waals surface area contributed by atoms with Crippen LogP contribution in [0.25, 0.3) is 10.4 Å². The third-order valence-electron chi connectivity index (χ3n) is 6.06. The minimum Gasteiger partial charge on any atom is -0.391 e. The number of nitrogens with one attached hydrogen (secondary N) is 2. The van der Waals surface area contributed by atoms with Gasteiger partial charge in [-0.3, -0.25) is 14.4 Å². The number of halogens is 1. The van der Waals surface area contributed by atoms with Gasteiger partial charge < -0.3 is 25.7 Å².